The average molecular weight is 437 g/mol. The van der Waals surface area contributed by atoms with Crippen LogP contribution in [0.1, 0.15) is 48.7 Å². The van der Waals surface area contributed by atoms with Gasteiger partial charge in [-0.15, -0.1) is 5.10 Å². The van der Waals surface area contributed by atoms with Crippen LogP contribution in [-0.2, 0) is 6.42 Å². The third-order valence-electron chi connectivity index (χ3n) is 5.52. The number of hydrogen-bond donors (Lipinski definition) is 0. The number of aromatic nitrogens is 2. The van der Waals surface area contributed by atoms with Gasteiger partial charge < -0.3 is 4.74 Å². The number of ketones is 1. The summed E-state index contributed by atoms with van der Waals surface area (Å²) in [4.78, 5) is 25.3. The van der Waals surface area contributed by atoms with Crippen molar-refractivity contribution >= 4 is 17.4 Å². The molecule has 1 aromatic heterocycles. The smallest absolute Gasteiger partial charge is 0.267 e. The summed E-state index contributed by atoms with van der Waals surface area (Å²) >= 11 is 6.22. The lowest BCUT2D eigenvalue weighted by atomic mass is 9.98. The Morgan fingerprint density at radius 1 is 1.16 bits per heavy atom. The maximum absolute atomic E-state index is 13.0. The van der Waals surface area contributed by atoms with Gasteiger partial charge in [0.25, 0.3) is 5.56 Å². The molecule has 0 N–H and O–H groups in total. The molecule has 160 valence electrons. The Balaban J connectivity index is 1.77. The molecule has 6 heteroatoms. The van der Waals surface area contributed by atoms with E-state index in [1.54, 1.807) is 18.2 Å². The van der Waals surface area contributed by atoms with E-state index in [2.05, 4.69) is 5.10 Å². The summed E-state index contributed by atoms with van der Waals surface area (Å²) in [6, 6.07) is 16.4. The first-order chi connectivity index (χ1) is 14.9. The highest BCUT2D eigenvalue weighted by molar-refractivity contribution is 6.31. The lowest BCUT2D eigenvalue weighted by Crippen LogP contribution is -2.27. The summed E-state index contributed by atoms with van der Waals surface area (Å²) in [5.41, 5.74) is 2.44. The van der Waals surface area contributed by atoms with Crippen LogP contribution in [0.2, 0.25) is 5.02 Å². The minimum absolute atomic E-state index is 0.110. The Morgan fingerprint density at radius 3 is 2.58 bits per heavy atom. The van der Waals surface area contributed by atoms with Gasteiger partial charge in [0.15, 0.2) is 5.78 Å². The number of hydrogen-bond acceptors (Lipinski definition) is 4. The van der Waals surface area contributed by atoms with Gasteiger partial charge in [-0.1, -0.05) is 41.9 Å². The van der Waals surface area contributed by atoms with Crippen molar-refractivity contribution in [2.75, 3.05) is 6.61 Å². The first-order valence-electron chi connectivity index (χ1n) is 10.5. The van der Waals surface area contributed by atoms with E-state index in [4.69, 9.17) is 16.3 Å². The monoisotopic (exact) mass is 436 g/mol. The molecule has 4 rings (SSSR count). The first kappa shape index (κ1) is 21.3. The van der Waals surface area contributed by atoms with Gasteiger partial charge in [0.1, 0.15) is 0 Å². The van der Waals surface area contributed by atoms with Crippen molar-refractivity contribution < 1.29 is 9.53 Å². The van der Waals surface area contributed by atoms with Crippen molar-refractivity contribution in [2.45, 2.75) is 39.2 Å². The highest BCUT2D eigenvalue weighted by Crippen LogP contribution is 2.35. The number of halogens is 1. The summed E-state index contributed by atoms with van der Waals surface area (Å²) < 4.78 is 7.53. The van der Waals surface area contributed by atoms with Gasteiger partial charge in [-0.25, -0.2) is 4.68 Å². The van der Waals surface area contributed by atoms with Gasteiger partial charge in [0, 0.05) is 16.7 Å². The standard InChI is InChI=1S/C25H25ClN2O3/c1-16(12-18-6-4-3-5-7-18)28-24(30)14-23(25(27-28)31-15-19-8-9-19)22-13-20(26)10-11-21(22)17(2)29/h3-7,10-11,13-14,16,19H,8-9,12,15H2,1-2H3. The number of ether oxygens (including phenoxy) is 1. The number of benzene rings is 2. The van der Waals surface area contributed by atoms with Crippen LogP contribution in [0.3, 0.4) is 0 Å². The van der Waals surface area contributed by atoms with E-state index in [9.17, 15) is 9.59 Å². The van der Waals surface area contributed by atoms with Crippen molar-refractivity contribution in [3.05, 3.63) is 81.1 Å². The zero-order chi connectivity index (χ0) is 22.0. The number of nitrogens with zero attached hydrogens (tertiary/aromatic N) is 2. The Kier molecular flexibility index (Phi) is 6.23. The molecule has 0 aliphatic heterocycles. The predicted octanol–water partition coefficient (Wildman–Crippen LogP) is 5.36. The van der Waals surface area contributed by atoms with Crippen LogP contribution < -0.4 is 10.3 Å². The molecule has 1 aliphatic rings. The highest BCUT2D eigenvalue weighted by Gasteiger charge is 2.25. The molecule has 0 spiro atoms. The van der Waals surface area contributed by atoms with E-state index < -0.39 is 0 Å². The molecule has 0 radical (unpaired) electrons. The van der Waals surface area contributed by atoms with Crippen molar-refractivity contribution in [1.82, 2.24) is 9.78 Å². The second-order valence-corrected chi connectivity index (χ2v) is 8.62. The molecule has 1 fully saturated rings. The molecule has 0 saturated heterocycles. The first-order valence-corrected chi connectivity index (χ1v) is 10.9. The van der Waals surface area contributed by atoms with E-state index in [-0.39, 0.29) is 17.4 Å². The number of carbonyl (C=O) groups excluding carboxylic acids is 1. The zero-order valence-corrected chi connectivity index (χ0v) is 18.4. The molecule has 1 saturated carbocycles. The maximum atomic E-state index is 13.0. The third kappa shape index (κ3) is 5.05. The third-order valence-corrected chi connectivity index (χ3v) is 5.75. The zero-order valence-electron chi connectivity index (χ0n) is 17.7. The van der Waals surface area contributed by atoms with Crippen LogP contribution in [0.5, 0.6) is 5.88 Å². The Bertz CT molecular complexity index is 1150. The van der Waals surface area contributed by atoms with Gasteiger partial charge in [-0.3, -0.25) is 9.59 Å². The van der Waals surface area contributed by atoms with Crippen molar-refractivity contribution in [2.24, 2.45) is 5.92 Å². The van der Waals surface area contributed by atoms with Crippen molar-refractivity contribution in [3.8, 4) is 17.0 Å². The van der Waals surface area contributed by atoms with E-state index in [1.165, 1.54) is 17.7 Å². The SMILES string of the molecule is CC(=O)c1ccc(Cl)cc1-c1cc(=O)n(C(C)Cc2ccccc2)nc1OCC1CC1. The second kappa shape index (κ2) is 9.06. The lowest BCUT2D eigenvalue weighted by molar-refractivity contribution is 0.101. The van der Waals surface area contributed by atoms with E-state index >= 15 is 0 Å². The van der Waals surface area contributed by atoms with Crippen LogP contribution in [0, 0.1) is 5.92 Å². The Morgan fingerprint density at radius 2 is 1.90 bits per heavy atom. The van der Waals surface area contributed by atoms with Crippen LogP contribution in [0.25, 0.3) is 11.1 Å². The van der Waals surface area contributed by atoms with Crippen LogP contribution in [0.15, 0.2) is 59.4 Å². The highest BCUT2D eigenvalue weighted by atomic mass is 35.5. The molecule has 1 atom stereocenters. The summed E-state index contributed by atoms with van der Waals surface area (Å²) in [6.45, 7) is 4.00. The summed E-state index contributed by atoms with van der Waals surface area (Å²) in [6.07, 6.45) is 2.94. The minimum atomic E-state index is -0.244. The normalized spacial score (nSPS) is 14.3. The van der Waals surface area contributed by atoms with Crippen LogP contribution >= 0.6 is 11.6 Å². The fourth-order valence-electron chi connectivity index (χ4n) is 3.64. The summed E-state index contributed by atoms with van der Waals surface area (Å²) in [7, 11) is 0. The fourth-order valence-corrected chi connectivity index (χ4v) is 3.81. The van der Waals surface area contributed by atoms with E-state index in [0.29, 0.717) is 46.5 Å². The quantitative estimate of drug-likeness (QED) is 0.446. The van der Waals surface area contributed by atoms with Crippen LogP contribution in [-0.4, -0.2) is 22.2 Å². The van der Waals surface area contributed by atoms with Crippen molar-refractivity contribution in [3.63, 3.8) is 0 Å². The molecular weight excluding hydrogens is 412 g/mol. The molecule has 1 aliphatic carbocycles. The molecule has 1 heterocycles. The lowest BCUT2D eigenvalue weighted by Gasteiger charge is -2.18. The summed E-state index contributed by atoms with van der Waals surface area (Å²) in [5.74, 6) is 0.765. The van der Waals surface area contributed by atoms with Gasteiger partial charge in [0.05, 0.1) is 18.2 Å². The molecule has 0 amide bonds. The maximum Gasteiger partial charge on any atom is 0.267 e. The number of rotatable bonds is 8. The predicted molar refractivity (Wildman–Crippen MR) is 122 cm³/mol. The number of Topliss-reactive ketones (excluding diaryl/α,β-unsaturated/α-hetero) is 1. The van der Waals surface area contributed by atoms with E-state index in [0.717, 1.165) is 18.4 Å². The Labute approximate surface area is 186 Å². The molecule has 31 heavy (non-hydrogen) atoms. The van der Waals surface area contributed by atoms with Gasteiger partial charge >= 0.3 is 0 Å². The van der Waals surface area contributed by atoms with Gasteiger partial charge in [-0.2, -0.15) is 0 Å². The Hall–Kier alpha value is -2.92. The van der Waals surface area contributed by atoms with Gasteiger partial charge in [0.2, 0.25) is 5.88 Å². The van der Waals surface area contributed by atoms with Crippen LogP contribution in [0.4, 0.5) is 0 Å². The topological polar surface area (TPSA) is 61.2 Å². The molecule has 0 bridgehead atoms. The average Bonchev–Trinajstić information content (AvgIpc) is 3.57. The summed E-state index contributed by atoms with van der Waals surface area (Å²) in [5, 5.41) is 5.08. The van der Waals surface area contributed by atoms with Gasteiger partial charge in [-0.05, 0) is 68.4 Å². The molecule has 3 aromatic rings. The second-order valence-electron chi connectivity index (χ2n) is 8.19. The molecule has 2 aromatic carbocycles. The number of carbonyl (C=O) groups is 1. The molecule has 5 nitrogen and oxygen atoms in total. The minimum Gasteiger partial charge on any atom is -0.476 e. The molecule has 1 unspecified atom stereocenters. The van der Waals surface area contributed by atoms with E-state index in [1.807, 2.05) is 37.3 Å². The molecular formula is C25H25ClN2O3. The largest absolute Gasteiger partial charge is 0.476 e. The fraction of sp³-hybridized carbons (Fsp3) is 0.320. The van der Waals surface area contributed by atoms with Crippen molar-refractivity contribution in [1.29, 1.82) is 0 Å².